The van der Waals surface area contributed by atoms with Crippen LogP contribution < -0.4 is 5.32 Å². The monoisotopic (exact) mass is 336 g/mol. The smallest absolute Gasteiger partial charge is 0.274 e. The lowest BCUT2D eigenvalue weighted by Gasteiger charge is -2.14. The highest BCUT2D eigenvalue weighted by molar-refractivity contribution is 5.95. The number of fused-ring (bicyclic) bond motifs is 3. The highest BCUT2D eigenvalue weighted by Gasteiger charge is 2.30. The molecule has 2 aromatic heterocycles. The Balaban J connectivity index is 1.34. The first-order valence-corrected chi connectivity index (χ1v) is 8.47. The Bertz CT molecular complexity index is 955. The molecular formula is C18H16N4O3. The molecular weight excluding hydrogens is 320 g/mol. The van der Waals surface area contributed by atoms with Gasteiger partial charge in [0.05, 0.1) is 6.54 Å². The summed E-state index contributed by atoms with van der Waals surface area (Å²) in [5, 5.41) is 14.8. The molecule has 0 bridgehead atoms. The van der Waals surface area contributed by atoms with E-state index in [-0.39, 0.29) is 12.5 Å². The van der Waals surface area contributed by atoms with Crippen LogP contribution in [0.2, 0.25) is 0 Å². The van der Waals surface area contributed by atoms with Crippen LogP contribution in [0.15, 0.2) is 33.2 Å². The Hall–Kier alpha value is -2.96. The van der Waals surface area contributed by atoms with Gasteiger partial charge in [-0.05, 0) is 31.2 Å². The first-order chi connectivity index (χ1) is 12.3. The summed E-state index contributed by atoms with van der Waals surface area (Å²) >= 11 is 0. The number of nitrogens with one attached hydrogen (secondary N) is 1. The zero-order valence-corrected chi connectivity index (χ0v) is 13.5. The standard InChI is InChI=1S/C18H16N4O3/c23-17(19-9-14-20-21-18(24-14)11-5-6-11)15-13-8-7-10-3-1-2-4-12(10)16(13)25-22-15/h1-4,11H,5-9H2,(H,19,23). The van der Waals surface area contributed by atoms with Crippen molar-refractivity contribution in [3.63, 3.8) is 0 Å². The van der Waals surface area contributed by atoms with Crippen LogP contribution in [0.3, 0.4) is 0 Å². The molecule has 7 heteroatoms. The molecule has 0 radical (unpaired) electrons. The molecule has 0 aliphatic heterocycles. The van der Waals surface area contributed by atoms with Crippen molar-refractivity contribution in [2.75, 3.05) is 0 Å². The average Bonchev–Trinajstić information content (AvgIpc) is 3.22. The Morgan fingerprint density at radius 3 is 2.96 bits per heavy atom. The summed E-state index contributed by atoms with van der Waals surface area (Å²) in [5.74, 6) is 1.90. The molecule has 7 nitrogen and oxygen atoms in total. The summed E-state index contributed by atoms with van der Waals surface area (Å²) in [4.78, 5) is 12.5. The van der Waals surface area contributed by atoms with Crippen molar-refractivity contribution in [1.29, 1.82) is 0 Å². The molecule has 2 aliphatic rings. The molecule has 1 fully saturated rings. The minimum absolute atomic E-state index is 0.191. The second kappa shape index (κ2) is 5.54. The summed E-state index contributed by atoms with van der Waals surface area (Å²) in [6, 6.07) is 8.04. The van der Waals surface area contributed by atoms with E-state index in [1.54, 1.807) is 0 Å². The van der Waals surface area contributed by atoms with Crippen molar-refractivity contribution in [1.82, 2.24) is 20.7 Å². The minimum atomic E-state index is -0.282. The average molecular weight is 336 g/mol. The first kappa shape index (κ1) is 14.4. The van der Waals surface area contributed by atoms with Crippen LogP contribution in [-0.4, -0.2) is 21.3 Å². The maximum absolute atomic E-state index is 12.5. The van der Waals surface area contributed by atoms with Gasteiger partial charge in [-0.15, -0.1) is 10.2 Å². The summed E-state index contributed by atoms with van der Waals surface area (Å²) in [7, 11) is 0. The number of carbonyl (C=O) groups excluding carboxylic acids is 1. The number of amides is 1. The number of hydrogen-bond acceptors (Lipinski definition) is 6. The quantitative estimate of drug-likeness (QED) is 0.787. The van der Waals surface area contributed by atoms with Gasteiger partial charge in [0.2, 0.25) is 11.8 Å². The zero-order chi connectivity index (χ0) is 16.8. The van der Waals surface area contributed by atoms with Gasteiger partial charge in [-0.2, -0.15) is 0 Å². The van der Waals surface area contributed by atoms with E-state index in [9.17, 15) is 4.79 Å². The Morgan fingerprint density at radius 2 is 2.08 bits per heavy atom. The van der Waals surface area contributed by atoms with Crippen LogP contribution in [-0.2, 0) is 19.4 Å². The van der Waals surface area contributed by atoms with Gasteiger partial charge < -0.3 is 14.3 Å². The van der Waals surface area contributed by atoms with Gasteiger partial charge in [0.1, 0.15) is 0 Å². The van der Waals surface area contributed by atoms with Gasteiger partial charge in [-0.3, -0.25) is 4.79 Å². The van der Waals surface area contributed by atoms with Crippen LogP contribution in [0.25, 0.3) is 11.3 Å². The fraction of sp³-hybridized carbons (Fsp3) is 0.333. The lowest BCUT2D eigenvalue weighted by Crippen LogP contribution is -2.24. The molecule has 25 heavy (non-hydrogen) atoms. The predicted molar refractivity (Wildman–Crippen MR) is 86.8 cm³/mol. The van der Waals surface area contributed by atoms with Gasteiger partial charge >= 0.3 is 0 Å². The topological polar surface area (TPSA) is 94.1 Å². The molecule has 1 N–H and O–H groups in total. The first-order valence-electron chi connectivity index (χ1n) is 8.47. The molecule has 2 aliphatic carbocycles. The van der Waals surface area contributed by atoms with Crippen LogP contribution in [0, 0.1) is 0 Å². The molecule has 1 aromatic carbocycles. The lowest BCUT2D eigenvalue weighted by atomic mass is 9.89. The molecule has 1 saturated carbocycles. The summed E-state index contributed by atoms with van der Waals surface area (Å²) in [5.41, 5.74) is 3.43. The van der Waals surface area contributed by atoms with Gasteiger partial charge in [0.15, 0.2) is 11.5 Å². The predicted octanol–water partition coefficient (Wildman–Crippen LogP) is 2.63. The summed E-state index contributed by atoms with van der Waals surface area (Å²) in [6.45, 7) is 0.191. The number of aromatic nitrogens is 3. The third-order valence-electron chi connectivity index (χ3n) is 4.72. The lowest BCUT2D eigenvalue weighted by molar-refractivity contribution is 0.0937. The molecule has 3 aromatic rings. The Labute approximate surface area is 143 Å². The van der Waals surface area contributed by atoms with Crippen molar-refractivity contribution in [2.24, 2.45) is 0 Å². The molecule has 5 rings (SSSR count). The molecule has 0 unspecified atom stereocenters. The van der Waals surface area contributed by atoms with Gasteiger partial charge in [-0.1, -0.05) is 29.4 Å². The highest BCUT2D eigenvalue weighted by atomic mass is 16.5. The number of carbonyl (C=O) groups is 1. The number of aryl methyl sites for hydroxylation is 1. The third kappa shape index (κ3) is 2.52. The number of nitrogens with zero attached hydrogens (tertiary/aromatic N) is 3. The van der Waals surface area contributed by atoms with E-state index in [0.29, 0.717) is 29.2 Å². The largest absolute Gasteiger partial charge is 0.423 e. The van der Waals surface area contributed by atoms with Crippen LogP contribution in [0.4, 0.5) is 0 Å². The van der Waals surface area contributed by atoms with Crippen molar-refractivity contribution in [2.45, 2.75) is 38.1 Å². The van der Waals surface area contributed by atoms with Gasteiger partial charge in [0.25, 0.3) is 5.91 Å². The summed E-state index contributed by atoms with van der Waals surface area (Å²) < 4.78 is 11.0. The van der Waals surface area contributed by atoms with E-state index in [0.717, 1.165) is 36.8 Å². The van der Waals surface area contributed by atoms with Crippen LogP contribution in [0.5, 0.6) is 0 Å². The number of hydrogen-bond donors (Lipinski definition) is 1. The van der Waals surface area contributed by atoms with E-state index >= 15 is 0 Å². The minimum Gasteiger partial charge on any atom is -0.423 e. The van der Waals surface area contributed by atoms with Crippen molar-refractivity contribution in [3.8, 4) is 11.3 Å². The van der Waals surface area contributed by atoms with E-state index in [1.807, 2.05) is 18.2 Å². The fourth-order valence-corrected chi connectivity index (χ4v) is 3.22. The normalized spacial score (nSPS) is 15.5. The second-order valence-electron chi connectivity index (χ2n) is 6.49. The number of benzene rings is 1. The molecule has 126 valence electrons. The van der Waals surface area contributed by atoms with E-state index < -0.39 is 0 Å². The van der Waals surface area contributed by atoms with E-state index in [1.165, 1.54) is 5.56 Å². The van der Waals surface area contributed by atoms with Gasteiger partial charge in [-0.25, -0.2) is 0 Å². The summed E-state index contributed by atoms with van der Waals surface area (Å²) in [6.07, 6.45) is 3.81. The zero-order valence-electron chi connectivity index (χ0n) is 13.5. The van der Waals surface area contributed by atoms with E-state index in [2.05, 4.69) is 26.7 Å². The third-order valence-corrected chi connectivity index (χ3v) is 4.72. The molecule has 1 amide bonds. The molecule has 0 atom stereocenters. The highest BCUT2D eigenvalue weighted by Crippen LogP contribution is 2.39. The molecule has 0 spiro atoms. The second-order valence-corrected chi connectivity index (χ2v) is 6.49. The number of rotatable bonds is 4. The van der Waals surface area contributed by atoms with Crippen molar-refractivity contribution >= 4 is 5.91 Å². The molecule has 0 saturated heterocycles. The van der Waals surface area contributed by atoms with Crippen LogP contribution in [0.1, 0.15) is 52.2 Å². The maximum Gasteiger partial charge on any atom is 0.274 e. The fourth-order valence-electron chi connectivity index (χ4n) is 3.22. The maximum atomic E-state index is 12.5. The van der Waals surface area contributed by atoms with Crippen molar-refractivity contribution in [3.05, 3.63) is 52.9 Å². The van der Waals surface area contributed by atoms with Crippen LogP contribution >= 0.6 is 0 Å². The van der Waals surface area contributed by atoms with Crippen molar-refractivity contribution < 1.29 is 13.7 Å². The SMILES string of the molecule is O=C(NCc1nnc(C2CC2)o1)c1noc2c1CCc1ccccc1-2. The van der Waals surface area contributed by atoms with Gasteiger partial charge in [0, 0.05) is 17.0 Å². The Morgan fingerprint density at radius 1 is 1.20 bits per heavy atom. The molecule has 2 heterocycles. The van der Waals surface area contributed by atoms with E-state index in [4.69, 9.17) is 8.94 Å². The Kier molecular flexibility index (Phi) is 3.19.